The summed E-state index contributed by atoms with van der Waals surface area (Å²) < 4.78 is 0. The van der Waals surface area contributed by atoms with Crippen molar-refractivity contribution >= 4 is 5.91 Å². The van der Waals surface area contributed by atoms with E-state index < -0.39 is 0 Å². The van der Waals surface area contributed by atoms with Crippen LogP contribution in [0.5, 0.6) is 11.5 Å². The first-order chi connectivity index (χ1) is 9.08. The van der Waals surface area contributed by atoms with E-state index in [-0.39, 0.29) is 22.8 Å². The van der Waals surface area contributed by atoms with Gasteiger partial charge in [-0.05, 0) is 31.5 Å². The fraction of sp³-hybridized carbons (Fsp3) is 0.500. The van der Waals surface area contributed by atoms with E-state index in [4.69, 9.17) is 0 Å². The normalized spacial score (nSPS) is 26.2. The van der Waals surface area contributed by atoms with Gasteiger partial charge in [0.25, 0.3) is 5.91 Å². The fourth-order valence-electron chi connectivity index (χ4n) is 3.15. The number of carbonyl (C=O) groups is 1. The van der Waals surface area contributed by atoms with Crippen LogP contribution < -0.4 is 5.32 Å². The third-order valence-electron chi connectivity index (χ3n) is 4.21. The molecule has 1 amide bonds. The molecule has 1 unspecified atom stereocenters. The van der Waals surface area contributed by atoms with Gasteiger partial charge in [0.05, 0.1) is 0 Å². The Morgan fingerprint density at radius 2 is 1.95 bits per heavy atom. The molecule has 2 fully saturated rings. The van der Waals surface area contributed by atoms with Gasteiger partial charge in [-0.25, -0.2) is 0 Å². The second kappa shape index (κ2) is 4.42. The first kappa shape index (κ1) is 12.3. The number of benzene rings is 1. The molecule has 102 valence electrons. The Hall–Kier alpha value is -1.75. The molecule has 1 aromatic rings. The van der Waals surface area contributed by atoms with Crippen LogP contribution in [-0.2, 0) is 0 Å². The molecule has 0 aliphatic carbocycles. The molecule has 1 atom stereocenters. The molecule has 0 aromatic heterocycles. The summed E-state index contributed by atoms with van der Waals surface area (Å²) in [4.78, 5) is 14.2. The van der Waals surface area contributed by atoms with Gasteiger partial charge in [-0.3, -0.25) is 4.79 Å². The molecule has 1 aromatic carbocycles. The van der Waals surface area contributed by atoms with Crippen molar-refractivity contribution in [2.24, 2.45) is 5.41 Å². The monoisotopic (exact) mass is 262 g/mol. The molecule has 19 heavy (non-hydrogen) atoms. The lowest BCUT2D eigenvalue weighted by atomic mass is 9.86. The summed E-state index contributed by atoms with van der Waals surface area (Å²) in [6, 6.07) is 4.03. The molecule has 2 aliphatic heterocycles. The standard InChI is InChI=1S/C14H18N2O3/c17-11-5-10(6-12(18)7-11)13(19)16-4-2-14(9-16)1-3-15-8-14/h5-7,15,17-18H,1-4,8-9H2. The van der Waals surface area contributed by atoms with Gasteiger partial charge in [-0.2, -0.15) is 0 Å². The van der Waals surface area contributed by atoms with Crippen LogP contribution in [0.3, 0.4) is 0 Å². The van der Waals surface area contributed by atoms with E-state index in [1.165, 1.54) is 18.2 Å². The van der Waals surface area contributed by atoms with Crippen molar-refractivity contribution < 1.29 is 15.0 Å². The smallest absolute Gasteiger partial charge is 0.254 e. The molecule has 2 heterocycles. The van der Waals surface area contributed by atoms with E-state index in [0.717, 1.165) is 39.0 Å². The molecule has 0 bridgehead atoms. The van der Waals surface area contributed by atoms with Crippen LogP contribution in [0.2, 0.25) is 0 Å². The number of likely N-dealkylation sites (tertiary alicyclic amines) is 1. The molecule has 5 nitrogen and oxygen atoms in total. The van der Waals surface area contributed by atoms with E-state index in [0.29, 0.717) is 5.56 Å². The third-order valence-corrected chi connectivity index (χ3v) is 4.21. The minimum atomic E-state index is -0.116. The van der Waals surface area contributed by atoms with Gasteiger partial charge in [0, 0.05) is 36.7 Å². The van der Waals surface area contributed by atoms with Gasteiger partial charge >= 0.3 is 0 Å². The zero-order chi connectivity index (χ0) is 13.5. The van der Waals surface area contributed by atoms with E-state index in [2.05, 4.69) is 5.32 Å². The lowest BCUT2D eigenvalue weighted by molar-refractivity contribution is 0.0775. The van der Waals surface area contributed by atoms with Crippen molar-refractivity contribution in [2.75, 3.05) is 26.2 Å². The van der Waals surface area contributed by atoms with E-state index >= 15 is 0 Å². The average Bonchev–Trinajstić information content (AvgIpc) is 2.98. The maximum Gasteiger partial charge on any atom is 0.254 e. The molecule has 0 saturated carbocycles. The summed E-state index contributed by atoms with van der Waals surface area (Å²) in [5, 5.41) is 22.3. The van der Waals surface area contributed by atoms with Gasteiger partial charge < -0.3 is 20.4 Å². The van der Waals surface area contributed by atoms with E-state index in [1.54, 1.807) is 0 Å². The quantitative estimate of drug-likeness (QED) is 0.704. The Labute approximate surface area is 111 Å². The molecule has 3 rings (SSSR count). The van der Waals surface area contributed by atoms with Crippen LogP contribution in [0.25, 0.3) is 0 Å². The Morgan fingerprint density at radius 3 is 2.58 bits per heavy atom. The number of hydrogen-bond donors (Lipinski definition) is 3. The van der Waals surface area contributed by atoms with Crippen molar-refractivity contribution in [1.82, 2.24) is 10.2 Å². The van der Waals surface area contributed by atoms with Crippen molar-refractivity contribution in [3.05, 3.63) is 23.8 Å². The van der Waals surface area contributed by atoms with Gasteiger partial charge in [0.2, 0.25) is 0 Å². The second-order valence-corrected chi connectivity index (χ2v) is 5.64. The van der Waals surface area contributed by atoms with Crippen LogP contribution in [0.15, 0.2) is 18.2 Å². The zero-order valence-electron chi connectivity index (χ0n) is 10.7. The number of aromatic hydroxyl groups is 2. The average molecular weight is 262 g/mol. The minimum Gasteiger partial charge on any atom is -0.508 e. The highest BCUT2D eigenvalue weighted by atomic mass is 16.3. The molecule has 0 radical (unpaired) electrons. The fourth-order valence-corrected chi connectivity index (χ4v) is 3.15. The van der Waals surface area contributed by atoms with Crippen LogP contribution in [-0.4, -0.2) is 47.2 Å². The minimum absolute atomic E-state index is 0.0835. The van der Waals surface area contributed by atoms with Crippen LogP contribution >= 0.6 is 0 Å². The Kier molecular flexibility index (Phi) is 2.86. The topological polar surface area (TPSA) is 72.8 Å². The Balaban J connectivity index is 1.77. The highest BCUT2D eigenvalue weighted by molar-refractivity contribution is 5.95. The Morgan fingerprint density at radius 1 is 1.21 bits per heavy atom. The first-order valence-electron chi connectivity index (χ1n) is 6.61. The molecule has 2 aliphatic rings. The van der Waals surface area contributed by atoms with Crippen LogP contribution in [0, 0.1) is 5.41 Å². The highest BCUT2D eigenvalue weighted by Gasteiger charge is 2.41. The molecule has 1 spiro atoms. The molecular weight excluding hydrogens is 244 g/mol. The molecule has 3 N–H and O–H groups in total. The first-order valence-corrected chi connectivity index (χ1v) is 6.61. The summed E-state index contributed by atoms with van der Waals surface area (Å²) in [6.07, 6.45) is 2.14. The number of phenols is 2. The lowest BCUT2D eigenvalue weighted by Gasteiger charge is -2.22. The largest absolute Gasteiger partial charge is 0.508 e. The number of rotatable bonds is 1. The SMILES string of the molecule is O=C(c1cc(O)cc(O)c1)N1CCC2(CCNC2)C1. The van der Waals surface area contributed by atoms with Crippen molar-refractivity contribution in [1.29, 1.82) is 0 Å². The second-order valence-electron chi connectivity index (χ2n) is 5.64. The van der Waals surface area contributed by atoms with Gasteiger partial charge in [-0.15, -0.1) is 0 Å². The predicted octanol–water partition coefficient (Wildman–Crippen LogP) is 0.923. The van der Waals surface area contributed by atoms with Crippen LogP contribution in [0.4, 0.5) is 0 Å². The van der Waals surface area contributed by atoms with Crippen LogP contribution in [0.1, 0.15) is 23.2 Å². The summed E-state index contributed by atoms with van der Waals surface area (Å²) in [6.45, 7) is 3.50. The molecule has 5 heteroatoms. The van der Waals surface area contributed by atoms with E-state index in [9.17, 15) is 15.0 Å². The maximum absolute atomic E-state index is 12.4. The van der Waals surface area contributed by atoms with Gasteiger partial charge in [0.15, 0.2) is 0 Å². The van der Waals surface area contributed by atoms with Crippen molar-refractivity contribution in [2.45, 2.75) is 12.8 Å². The van der Waals surface area contributed by atoms with Crippen molar-refractivity contribution in [3.8, 4) is 11.5 Å². The highest BCUT2D eigenvalue weighted by Crippen LogP contribution is 2.36. The number of hydrogen-bond acceptors (Lipinski definition) is 4. The predicted molar refractivity (Wildman–Crippen MR) is 70.2 cm³/mol. The molecule has 2 saturated heterocycles. The van der Waals surface area contributed by atoms with Gasteiger partial charge in [0.1, 0.15) is 11.5 Å². The number of nitrogens with zero attached hydrogens (tertiary/aromatic N) is 1. The summed E-state index contributed by atoms with van der Waals surface area (Å²) in [5.74, 6) is -0.283. The maximum atomic E-state index is 12.4. The van der Waals surface area contributed by atoms with Gasteiger partial charge in [-0.1, -0.05) is 0 Å². The number of nitrogens with one attached hydrogen (secondary N) is 1. The Bertz CT molecular complexity index is 489. The lowest BCUT2D eigenvalue weighted by Crippen LogP contribution is -2.33. The molecular formula is C14H18N2O3. The summed E-state index contributed by atoms with van der Waals surface area (Å²) >= 11 is 0. The third kappa shape index (κ3) is 2.26. The summed E-state index contributed by atoms with van der Waals surface area (Å²) in [5.41, 5.74) is 0.578. The zero-order valence-corrected chi connectivity index (χ0v) is 10.7. The number of phenolic OH excluding ortho intramolecular Hbond substituents is 2. The van der Waals surface area contributed by atoms with E-state index in [1.807, 2.05) is 4.90 Å². The van der Waals surface area contributed by atoms with Crippen molar-refractivity contribution in [3.63, 3.8) is 0 Å². The number of carbonyl (C=O) groups excluding carboxylic acids is 1. The summed E-state index contributed by atoms with van der Waals surface area (Å²) in [7, 11) is 0. The number of amides is 1.